The number of hydrogen-bond acceptors (Lipinski definition) is 6. The van der Waals surface area contributed by atoms with Crippen molar-refractivity contribution in [1.82, 2.24) is 24.7 Å². The molecule has 0 bridgehead atoms. The third-order valence-corrected chi connectivity index (χ3v) is 2.92. The van der Waals surface area contributed by atoms with Gasteiger partial charge in [-0.3, -0.25) is 0 Å². The predicted octanol–water partition coefficient (Wildman–Crippen LogP) is 0.901. The lowest BCUT2D eigenvalue weighted by atomic mass is 10.4. The van der Waals surface area contributed by atoms with Crippen molar-refractivity contribution >= 4 is 17.6 Å². The van der Waals surface area contributed by atoms with Crippen LogP contribution in [-0.4, -0.2) is 24.7 Å². The molecule has 6 nitrogen and oxygen atoms in total. The first-order valence-electron chi connectivity index (χ1n) is 4.84. The van der Waals surface area contributed by atoms with E-state index in [9.17, 15) is 0 Å². The second kappa shape index (κ2) is 4.48. The van der Waals surface area contributed by atoms with Gasteiger partial charge in [-0.05, 0) is 11.8 Å². The smallest absolute Gasteiger partial charge is 0.197 e. The third kappa shape index (κ3) is 2.30. The molecule has 0 radical (unpaired) electrons. The van der Waals surface area contributed by atoms with Crippen LogP contribution in [0, 0.1) is 0 Å². The van der Waals surface area contributed by atoms with Crippen LogP contribution >= 0.6 is 11.8 Å². The molecule has 2 heterocycles. The zero-order valence-electron chi connectivity index (χ0n) is 9.08. The molecule has 7 heteroatoms. The summed E-state index contributed by atoms with van der Waals surface area (Å²) in [6, 6.07) is 1.73. The van der Waals surface area contributed by atoms with Crippen LogP contribution in [0.15, 0.2) is 22.6 Å². The Balaban J connectivity index is 2.28. The van der Waals surface area contributed by atoms with Gasteiger partial charge in [-0.1, -0.05) is 6.92 Å². The van der Waals surface area contributed by atoms with Crippen molar-refractivity contribution in [2.45, 2.75) is 23.5 Å². The van der Waals surface area contributed by atoms with E-state index < -0.39 is 0 Å². The molecule has 0 aliphatic carbocycles. The minimum absolute atomic E-state index is 0.483. The van der Waals surface area contributed by atoms with Gasteiger partial charge in [0, 0.05) is 19.5 Å². The van der Waals surface area contributed by atoms with Gasteiger partial charge in [0.15, 0.2) is 5.16 Å². The molecule has 0 saturated heterocycles. The fourth-order valence-corrected chi connectivity index (χ4v) is 1.96. The first-order chi connectivity index (χ1) is 7.69. The van der Waals surface area contributed by atoms with Gasteiger partial charge in [0.05, 0.1) is 0 Å². The summed E-state index contributed by atoms with van der Waals surface area (Å²) in [6.07, 6.45) is 2.41. The minimum atomic E-state index is 0.483. The molecule has 0 atom stereocenters. The number of nitrogens with two attached hydrogens (primary N) is 1. The lowest BCUT2D eigenvalue weighted by Crippen LogP contribution is -2.00. The van der Waals surface area contributed by atoms with Crippen LogP contribution in [0.25, 0.3) is 0 Å². The number of aromatic nitrogens is 5. The third-order valence-electron chi connectivity index (χ3n) is 1.95. The summed E-state index contributed by atoms with van der Waals surface area (Å²) in [5.41, 5.74) is 5.69. The summed E-state index contributed by atoms with van der Waals surface area (Å²) in [4.78, 5) is 8.47. The number of nitrogens with zero attached hydrogens (tertiary/aromatic N) is 5. The lowest BCUT2D eigenvalue weighted by molar-refractivity contribution is 0.785. The first kappa shape index (κ1) is 10.9. The van der Waals surface area contributed by atoms with Crippen molar-refractivity contribution in [3.05, 3.63) is 18.2 Å². The Morgan fingerprint density at radius 2 is 2.25 bits per heavy atom. The molecular formula is C9H12N6S. The molecule has 0 unspecified atom stereocenters. The van der Waals surface area contributed by atoms with E-state index in [1.165, 1.54) is 11.8 Å². The maximum atomic E-state index is 5.69. The topological polar surface area (TPSA) is 82.5 Å². The number of nitrogen functional groups attached to an aromatic ring is 1. The zero-order valence-corrected chi connectivity index (χ0v) is 9.90. The molecule has 0 amide bonds. The fourth-order valence-electron chi connectivity index (χ4n) is 1.16. The first-order valence-corrected chi connectivity index (χ1v) is 5.66. The SMILES string of the molecule is CCc1nc(N)cc(Sc2nncn2C)n1. The van der Waals surface area contributed by atoms with Gasteiger partial charge in [0.2, 0.25) is 0 Å². The Bertz CT molecular complexity index is 494. The maximum absolute atomic E-state index is 5.69. The summed E-state index contributed by atoms with van der Waals surface area (Å²) in [5.74, 6) is 1.22. The highest BCUT2D eigenvalue weighted by atomic mass is 32.2. The molecule has 2 aromatic heterocycles. The van der Waals surface area contributed by atoms with E-state index in [4.69, 9.17) is 5.73 Å². The second-order valence-corrected chi connectivity index (χ2v) is 4.21. The fraction of sp³-hybridized carbons (Fsp3) is 0.333. The number of hydrogen-bond donors (Lipinski definition) is 1. The van der Waals surface area contributed by atoms with Crippen LogP contribution in [0.3, 0.4) is 0 Å². The lowest BCUT2D eigenvalue weighted by Gasteiger charge is -2.03. The van der Waals surface area contributed by atoms with E-state index in [1.807, 2.05) is 18.5 Å². The second-order valence-electron chi connectivity index (χ2n) is 3.23. The van der Waals surface area contributed by atoms with E-state index in [2.05, 4.69) is 20.2 Å². The minimum Gasteiger partial charge on any atom is -0.384 e. The molecule has 0 saturated carbocycles. The summed E-state index contributed by atoms with van der Waals surface area (Å²) >= 11 is 1.42. The molecule has 2 N–H and O–H groups in total. The van der Waals surface area contributed by atoms with Gasteiger partial charge >= 0.3 is 0 Å². The van der Waals surface area contributed by atoms with Crippen LogP contribution < -0.4 is 5.73 Å². The van der Waals surface area contributed by atoms with E-state index in [0.29, 0.717) is 5.82 Å². The summed E-state index contributed by atoms with van der Waals surface area (Å²) in [7, 11) is 1.88. The average Bonchev–Trinajstić information content (AvgIpc) is 2.63. The largest absolute Gasteiger partial charge is 0.384 e. The number of anilines is 1. The normalized spacial score (nSPS) is 10.6. The molecule has 0 fully saturated rings. The molecule has 0 spiro atoms. The van der Waals surface area contributed by atoms with Gasteiger partial charge in [-0.25, -0.2) is 9.97 Å². The van der Waals surface area contributed by atoms with E-state index >= 15 is 0 Å². The van der Waals surface area contributed by atoms with Crippen LogP contribution in [-0.2, 0) is 13.5 Å². The Morgan fingerprint density at radius 1 is 1.44 bits per heavy atom. The van der Waals surface area contributed by atoms with Crippen LogP contribution in [0.5, 0.6) is 0 Å². The van der Waals surface area contributed by atoms with Crippen LogP contribution in [0.1, 0.15) is 12.7 Å². The van der Waals surface area contributed by atoms with Gasteiger partial charge in [0.1, 0.15) is 23.0 Å². The molecule has 2 rings (SSSR count). The number of rotatable bonds is 3. The quantitative estimate of drug-likeness (QED) is 0.797. The summed E-state index contributed by atoms with van der Waals surface area (Å²) in [6.45, 7) is 1.99. The van der Waals surface area contributed by atoms with E-state index in [1.54, 1.807) is 12.4 Å². The Labute approximate surface area is 97.3 Å². The van der Waals surface area contributed by atoms with E-state index in [0.717, 1.165) is 22.4 Å². The highest BCUT2D eigenvalue weighted by Crippen LogP contribution is 2.24. The van der Waals surface area contributed by atoms with Crippen LogP contribution in [0.4, 0.5) is 5.82 Å². The molecule has 16 heavy (non-hydrogen) atoms. The highest BCUT2D eigenvalue weighted by Gasteiger charge is 2.07. The van der Waals surface area contributed by atoms with Gasteiger partial charge in [-0.15, -0.1) is 10.2 Å². The summed E-state index contributed by atoms with van der Waals surface area (Å²) in [5, 5.41) is 9.34. The van der Waals surface area contributed by atoms with Crippen molar-refractivity contribution in [3.8, 4) is 0 Å². The Hall–Kier alpha value is -1.63. The predicted molar refractivity (Wildman–Crippen MR) is 60.9 cm³/mol. The molecule has 0 aromatic carbocycles. The maximum Gasteiger partial charge on any atom is 0.197 e. The molecular weight excluding hydrogens is 224 g/mol. The van der Waals surface area contributed by atoms with Gasteiger partial charge < -0.3 is 10.3 Å². The Kier molecular flexibility index (Phi) is 3.04. The molecule has 84 valence electrons. The molecule has 0 aliphatic rings. The van der Waals surface area contributed by atoms with Crippen molar-refractivity contribution in [1.29, 1.82) is 0 Å². The van der Waals surface area contributed by atoms with Crippen molar-refractivity contribution in [2.24, 2.45) is 7.05 Å². The van der Waals surface area contributed by atoms with Crippen molar-refractivity contribution in [3.63, 3.8) is 0 Å². The summed E-state index contributed by atoms with van der Waals surface area (Å²) < 4.78 is 1.83. The average molecular weight is 236 g/mol. The molecule has 2 aromatic rings. The standard InChI is InChI=1S/C9H12N6S/c1-3-7-12-6(10)4-8(13-7)16-9-14-11-5-15(9)2/h4-5H,3H2,1-2H3,(H2,10,12,13). The van der Waals surface area contributed by atoms with E-state index in [-0.39, 0.29) is 0 Å². The van der Waals surface area contributed by atoms with Gasteiger partial charge in [0.25, 0.3) is 0 Å². The van der Waals surface area contributed by atoms with Crippen molar-refractivity contribution in [2.75, 3.05) is 5.73 Å². The molecule has 0 aliphatic heterocycles. The van der Waals surface area contributed by atoms with Gasteiger partial charge in [-0.2, -0.15) is 0 Å². The zero-order chi connectivity index (χ0) is 11.5. The van der Waals surface area contributed by atoms with Crippen LogP contribution in [0.2, 0.25) is 0 Å². The van der Waals surface area contributed by atoms with Crippen molar-refractivity contribution < 1.29 is 0 Å². The monoisotopic (exact) mass is 236 g/mol. The Morgan fingerprint density at radius 3 is 2.88 bits per heavy atom. The number of aryl methyl sites for hydroxylation is 2. The highest BCUT2D eigenvalue weighted by molar-refractivity contribution is 7.99.